The topological polar surface area (TPSA) is 52.1 Å². The highest BCUT2D eigenvalue weighted by atomic mass is 127. The molecule has 82 valence electrons. The van der Waals surface area contributed by atoms with Gasteiger partial charge < -0.3 is 4.74 Å². The summed E-state index contributed by atoms with van der Waals surface area (Å²) in [7, 11) is 1.40. The van der Waals surface area contributed by atoms with E-state index in [1.165, 1.54) is 13.4 Å². The maximum atomic E-state index is 11.0. The fourth-order valence-corrected chi connectivity index (χ4v) is 2.49. The molecule has 0 aliphatic carbocycles. The number of carbonyl (C=O) groups is 1. The van der Waals surface area contributed by atoms with Gasteiger partial charge in [-0.15, -0.1) is 11.8 Å². The summed E-state index contributed by atoms with van der Waals surface area (Å²) in [6.07, 6.45) is 3.65. The van der Waals surface area contributed by atoms with Crippen LogP contribution in [0.25, 0.3) is 0 Å². The summed E-state index contributed by atoms with van der Waals surface area (Å²) in [6.45, 7) is 1.97. The summed E-state index contributed by atoms with van der Waals surface area (Å²) >= 11 is 3.73. The zero-order chi connectivity index (χ0) is 11.3. The molecule has 0 aliphatic rings. The minimum Gasteiger partial charge on any atom is -0.469 e. The predicted octanol–water partition coefficient (Wildman–Crippen LogP) is 2.12. The Balaban J connectivity index is 2.55. The van der Waals surface area contributed by atoms with Crippen LogP contribution in [0.15, 0.2) is 17.6 Å². The smallest absolute Gasteiger partial charge is 0.306 e. The number of carbonyl (C=O) groups excluding carboxylic acids is 1. The minimum atomic E-state index is -0.195. The number of aromatic nitrogens is 2. The summed E-state index contributed by atoms with van der Waals surface area (Å²) in [4.78, 5) is 19.1. The van der Waals surface area contributed by atoms with Gasteiger partial charge in [0.25, 0.3) is 0 Å². The van der Waals surface area contributed by atoms with Crippen molar-refractivity contribution in [1.82, 2.24) is 9.97 Å². The van der Waals surface area contributed by atoms with Gasteiger partial charge >= 0.3 is 5.97 Å². The minimum absolute atomic E-state index is 0.154. The van der Waals surface area contributed by atoms with Gasteiger partial charge in [0.15, 0.2) is 0 Å². The van der Waals surface area contributed by atoms with E-state index in [1.54, 1.807) is 18.0 Å². The second-order valence-electron chi connectivity index (χ2n) is 2.88. The molecule has 0 radical (unpaired) electrons. The lowest BCUT2D eigenvalue weighted by molar-refractivity contribution is -0.140. The van der Waals surface area contributed by atoms with Crippen molar-refractivity contribution in [3.8, 4) is 0 Å². The Morgan fingerprint density at radius 2 is 2.47 bits per heavy atom. The second-order valence-corrected chi connectivity index (χ2v) is 5.47. The molecule has 1 atom stereocenters. The molecule has 0 N–H and O–H groups in total. The van der Waals surface area contributed by atoms with Gasteiger partial charge in [-0.2, -0.15) is 0 Å². The SMILES string of the molecule is COC(=O)CC(C)Sc1ncncc1I. The van der Waals surface area contributed by atoms with Crippen molar-refractivity contribution in [2.24, 2.45) is 0 Å². The quantitative estimate of drug-likeness (QED) is 0.364. The molecule has 0 fully saturated rings. The van der Waals surface area contributed by atoms with Gasteiger partial charge in [0.1, 0.15) is 11.4 Å². The average Bonchev–Trinajstić information content (AvgIpc) is 2.21. The van der Waals surface area contributed by atoms with Crippen LogP contribution in [0.2, 0.25) is 0 Å². The number of esters is 1. The predicted molar refractivity (Wildman–Crippen MR) is 66.7 cm³/mol. The number of halogens is 1. The molecule has 1 aromatic rings. The third-order valence-corrected chi connectivity index (χ3v) is 3.90. The highest BCUT2D eigenvalue weighted by Gasteiger charge is 2.12. The van der Waals surface area contributed by atoms with Crippen molar-refractivity contribution in [3.63, 3.8) is 0 Å². The molecule has 0 saturated carbocycles. The number of thioether (sulfide) groups is 1. The Hall–Kier alpha value is -0.370. The molecular weight excluding hydrogens is 327 g/mol. The Labute approximate surface area is 106 Å². The first kappa shape index (κ1) is 12.7. The molecule has 1 aromatic heterocycles. The van der Waals surface area contributed by atoms with E-state index >= 15 is 0 Å². The third-order valence-electron chi connectivity index (χ3n) is 1.63. The van der Waals surface area contributed by atoms with Gasteiger partial charge in [0.2, 0.25) is 0 Å². The van der Waals surface area contributed by atoms with Gasteiger partial charge in [-0.05, 0) is 22.6 Å². The van der Waals surface area contributed by atoms with Crippen molar-refractivity contribution in [2.75, 3.05) is 7.11 Å². The van der Waals surface area contributed by atoms with E-state index in [9.17, 15) is 4.79 Å². The number of nitrogens with zero attached hydrogens (tertiary/aromatic N) is 2. The highest BCUT2D eigenvalue weighted by molar-refractivity contribution is 14.1. The summed E-state index contributed by atoms with van der Waals surface area (Å²) in [5, 5.41) is 1.06. The maximum absolute atomic E-state index is 11.0. The van der Waals surface area contributed by atoms with Crippen molar-refractivity contribution in [1.29, 1.82) is 0 Å². The van der Waals surface area contributed by atoms with E-state index in [0.717, 1.165) is 8.60 Å². The van der Waals surface area contributed by atoms with Gasteiger partial charge in [0.05, 0.1) is 17.1 Å². The van der Waals surface area contributed by atoms with Crippen molar-refractivity contribution < 1.29 is 9.53 Å². The Morgan fingerprint density at radius 3 is 3.07 bits per heavy atom. The maximum Gasteiger partial charge on any atom is 0.306 e. The van der Waals surface area contributed by atoms with Crippen LogP contribution in [0.5, 0.6) is 0 Å². The fourth-order valence-electron chi connectivity index (χ4n) is 0.938. The molecule has 15 heavy (non-hydrogen) atoms. The molecule has 0 bridgehead atoms. The van der Waals surface area contributed by atoms with Gasteiger partial charge in [-0.3, -0.25) is 4.79 Å². The van der Waals surface area contributed by atoms with E-state index in [2.05, 4.69) is 37.3 Å². The van der Waals surface area contributed by atoms with E-state index in [-0.39, 0.29) is 11.2 Å². The van der Waals surface area contributed by atoms with Gasteiger partial charge in [-0.25, -0.2) is 9.97 Å². The van der Waals surface area contributed by atoms with E-state index in [1.807, 2.05) is 6.92 Å². The normalized spacial score (nSPS) is 12.2. The first-order chi connectivity index (χ1) is 7.13. The molecule has 0 aromatic carbocycles. The molecular formula is C9H11IN2O2S. The summed E-state index contributed by atoms with van der Waals surface area (Å²) < 4.78 is 5.60. The first-order valence-corrected chi connectivity index (χ1v) is 6.28. The monoisotopic (exact) mass is 338 g/mol. The van der Waals surface area contributed by atoms with Gasteiger partial charge in [0, 0.05) is 11.4 Å². The summed E-state index contributed by atoms with van der Waals surface area (Å²) in [5.41, 5.74) is 0. The van der Waals surface area contributed by atoms with Crippen LogP contribution in [-0.4, -0.2) is 28.3 Å². The number of methoxy groups -OCH3 is 1. The largest absolute Gasteiger partial charge is 0.469 e. The van der Waals surface area contributed by atoms with E-state index < -0.39 is 0 Å². The average molecular weight is 338 g/mol. The van der Waals surface area contributed by atoms with Crippen LogP contribution >= 0.6 is 34.4 Å². The van der Waals surface area contributed by atoms with E-state index in [4.69, 9.17) is 0 Å². The molecule has 4 nitrogen and oxygen atoms in total. The first-order valence-electron chi connectivity index (χ1n) is 4.32. The molecule has 6 heteroatoms. The highest BCUT2D eigenvalue weighted by Crippen LogP contribution is 2.26. The van der Waals surface area contributed by atoms with E-state index in [0.29, 0.717) is 6.42 Å². The van der Waals surface area contributed by atoms with Crippen LogP contribution in [0.1, 0.15) is 13.3 Å². The molecule has 0 spiro atoms. The number of hydrogen-bond donors (Lipinski definition) is 0. The van der Waals surface area contributed by atoms with Crippen LogP contribution in [0.3, 0.4) is 0 Å². The molecule has 1 heterocycles. The second kappa shape index (κ2) is 6.26. The number of rotatable bonds is 4. The zero-order valence-electron chi connectivity index (χ0n) is 8.44. The summed E-state index contributed by atoms with van der Waals surface area (Å²) in [5.74, 6) is -0.195. The fraction of sp³-hybridized carbons (Fsp3) is 0.444. The number of hydrogen-bond acceptors (Lipinski definition) is 5. The standard InChI is InChI=1S/C9H11IN2O2S/c1-6(3-8(13)14-2)15-9-7(10)4-11-5-12-9/h4-6H,3H2,1-2H3. The zero-order valence-corrected chi connectivity index (χ0v) is 11.4. The Bertz CT molecular complexity index is 349. The summed E-state index contributed by atoms with van der Waals surface area (Å²) in [6, 6.07) is 0. The molecule has 0 aliphatic heterocycles. The van der Waals surface area contributed by atoms with Crippen LogP contribution in [-0.2, 0) is 9.53 Å². The third kappa shape index (κ3) is 4.33. The van der Waals surface area contributed by atoms with Crippen molar-refractivity contribution >= 4 is 40.3 Å². The van der Waals surface area contributed by atoms with Crippen LogP contribution in [0, 0.1) is 3.57 Å². The lowest BCUT2D eigenvalue weighted by Gasteiger charge is -2.09. The molecule has 0 amide bonds. The molecule has 0 saturated heterocycles. The van der Waals surface area contributed by atoms with Crippen LogP contribution < -0.4 is 0 Å². The van der Waals surface area contributed by atoms with Crippen molar-refractivity contribution in [3.05, 3.63) is 16.1 Å². The van der Waals surface area contributed by atoms with Gasteiger partial charge in [-0.1, -0.05) is 6.92 Å². The van der Waals surface area contributed by atoms with Crippen molar-refractivity contribution in [2.45, 2.75) is 23.6 Å². The lowest BCUT2D eigenvalue weighted by Crippen LogP contribution is -2.09. The lowest BCUT2D eigenvalue weighted by atomic mass is 10.3. The molecule has 1 unspecified atom stereocenters. The molecule has 1 rings (SSSR count). The number of ether oxygens (including phenoxy) is 1. The van der Waals surface area contributed by atoms with Crippen LogP contribution in [0.4, 0.5) is 0 Å². The Kier molecular flexibility index (Phi) is 5.30. The Morgan fingerprint density at radius 1 is 1.73 bits per heavy atom.